The fourth-order valence-electron chi connectivity index (χ4n) is 3.33. The molecule has 1 aromatic carbocycles. The topological polar surface area (TPSA) is 41.0 Å². The number of imidazole rings is 1. The van der Waals surface area contributed by atoms with Gasteiger partial charge < -0.3 is 4.98 Å². The molecule has 0 bridgehead atoms. The number of rotatable bonds is 2. The van der Waals surface area contributed by atoms with Gasteiger partial charge in [0.25, 0.3) is 0 Å². The average Bonchev–Trinajstić information content (AvgIpc) is 2.81. The molecule has 2 aromatic rings. The number of H-pyrrole nitrogens is 1. The second-order valence-corrected chi connectivity index (χ2v) is 5.60. The van der Waals surface area contributed by atoms with Crippen molar-refractivity contribution in [1.29, 1.82) is 0 Å². The van der Waals surface area contributed by atoms with Gasteiger partial charge in [-0.05, 0) is 37.9 Å². The lowest BCUT2D eigenvalue weighted by molar-refractivity contribution is -0.136. The molecule has 0 spiro atoms. The molecule has 120 valence electrons. The number of nitrogens with one attached hydrogen (secondary N) is 1. The molecule has 7 heteroatoms. The van der Waals surface area contributed by atoms with Crippen LogP contribution in [0.2, 0.25) is 0 Å². The van der Waals surface area contributed by atoms with E-state index in [2.05, 4.69) is 9.88 Å². The summed E-state index contributed by atoms with van der Waals surface area (Å²) < 4.78 is 41.2. The highest BCUT2D eigenvalue weighted by molar-refractivity contribution is 5.79. The minimum atomic E-state index is -4.48. The third-order valence-electron chi connectivity index (χ3n) is 4.33. The zero-order valence-electron chi connectivity index (χ0n) is 12.3. The third-order valence-corrected chi connectivity index (χ3v) is 4.33. The molecule has 2 heterocycles. The first-order valence-corrected chi connectivity index (χ1v) is 7.48. The molecule has 3 rings (SSSR count). The van der Waals surface area contributed by atoms with E-state index in [0.29, 0.717) is 13.0 Å². The Hall–Kier alpha value is -1.76. The van der Waals surface area contributed by atoms with E-state index in [4.69, 9.17) is 0 Å². The molecule has 1 aliphatic heterocycles. The smallest absolute Gasteiger partial charge is 0.305 e. The van der Waals surface area contributed by atoms with E-state index in [1.165, 1.54) is 16.7 Å². The van der Waals surface area contributed by atoms with Crippen LogP contribution < -0.4 is 5.69 Å². The van der Waals surface area contributed by atoms with Crippen molar-refractivity contribution in [2.45, 2.75) is 38.5 Å². The van der Waals surface area contributed by atoms with Crippen LogP contribution in [0.25, 0.3) is 11.0 Å². The lowest BCUT2D eigenvalue weighted by Crippen LogP contribution is -2.40. The largest absolute Gasteiger partial charge is 0.418 e. The van der Waals surface area contributed by atoms with Gasteiger partial charge in [-0.25, -0.2) is 4.79 Å². The molecule has 1 N–H and O–H groups in total. The van der Waals surface area contributed by atoms with Crippen LogP contribution >= 0.6 is 0 Å². The summed E-state index contributed by atoms with van der Waals surface area (Å²) in [4.78, 5) is 16.9. The van der Waals surface area contributed by atoms with Gasteiger partial charge in [-0.15, -0.1) is 0 Å². The predicted molar refractivity (Wildman–Crippen MR) is 77.7 cm³/mol. The van der Waals surface area contributed by atoms with E-state index in [1.54, 1.807) is 0 Å². The average molecular weight is 313 g/mol. The van der Waals surface area contributed by atoms with E-state index in [-0.39, 0.29) is 17.2 Å². The van der Waals surface area contributed by atoms with Crippen LogP contribution in [0.4, 0.5) is 13.2 Å². The Labute approximate surface area is 125 Å². The number of nitrogens with zero attached hydrogens (tertiary/aromatic N) is 2. The van der Waals surface area contributed by atoms with Gasteiger partial charge in [0.15, 0.2) is 0 Å². The maximum absolute atomic E-state index is 13.3. The number of halogens is 3. The summed E-state index contributed by atoms with van der Waals surface area (Å²) in [6.45, 7) is 3.47. The molecule has 0 saturated carbocycles. The lowest BCUT2D eigenvalue weighted by atomic mass is 10.1. The number of alkyl halides is 3. The molecule has 1 atom stereocenters. The van der Waals surface area contributed by atoms with Crippen LogP contribution in [0.15, 0.2) is 23.0 Å². The maximum atomic E-state index is 13.3. The second-order valence-electron chi connectivity index (χ2n) is 5.60. The van der Waals surface area contributed by atoms with Crippen molar-refractivity contribution in [3.63, 3.8) is 0 Å². The second kappa shape index (κ2) is 5.46. The van der Waals surface area contributed by atoms with Gasteiger partial charge in [-0.2, -0.15) is 13.2 Å². The molecule has 1 saturated heterocycles. The number of hydrogen-bond donors (Lipinski definition) is 1. The number of hydrogen-bond acceptors (Lipinski definition) is 2. The first-order chi connectivity index (χ1) is 10.4. The quantitative estimate of drug-likeness (QED) is 0.923. The van der Waals surface area contributed by atoms with Crippen LogP contribution in [0, 0.1) is 0 Å². The van der Waals surface area contributed by atoms with Crippen LogP contribution in [-0.4, -0.2) is 27.5 Å². The van der Waals surface area contributed by atoms with Crippen LogP contribution in [0.1, 0.15) is 37.9 Å². The van der Waals surface area contributed by atoms with Crippen molar-refractivity contribution in [1.82, 2.24) is 14.5 Å². The summed E-state index contributed by atoms with van der Waals surface area (Å²) in [5.41, 5.74) is -1.03. The summed E-state index contributed by atoms with van der Waals surface area (Å²) >= 11 is 0. The Morgan fingerprint density at radius 1 is 1.32 bits per heavy atom. The summed E-state index contributed by atoms with van der Waals surface area (Å²) in [5, 5.41) is 0. The highest BCUT2D eigenvalue weighted by Gasteiger charge is 2.36. The zero-order valence-corrected chi connectivity index (χ0v) is 12.3. The Morgan fingerprint density at radius 2 is 2.09 bits per heavy atom. The minimum Gasteiger partial charge on any atom is -0.305 e. The van der Waals surface area contributed by atoms with Gasteiger partial charge >= 0.3 is 11.9 Å². The highest BCUT2D eigenvalue weighted by atomic mass is 19.4. The summed E-state index contributed by atoms with van der Waals surface area (Å²) in [5.74, 6) is 0. The number of likely N-dealkylation sites (tertiary alicyclic amines) is 1. The molecular formula is C15H18F3N3O. The first kappa shape index (κ1) is 15.1. The third kappa shape index (κ3) is 2.43. The van der Waals surface area contributed by atoms with E-state index in [9.17, 15) is 18.0 Å². The predicted octanol–water partition coefficient (Wildman–Crippen LogP) is 3.35. The van der Waals surface area contributed by atoms with Crippen molar-refractivity contribution < 1.29 is 13.2 Å². The molecule has 1 aromatic heterocycles. The molecule has 4 nitrogen and oxygen atoms in total. The highest BCUT2D eigenvalue weighted by Crippen LogP contribution is 2.36. The Balaban J connectivity index is 2.25. The number of fused-ring (bicyclic) bond motifs is 1. The first-order valence-electron chi connectivity index (χ1n) is 7.48. The number of benzene rings is 1. The molecule has 1 fully saturated rings. The van der Waals surface area contributed by atoms with Crippen LogP contribution in [0.5, 0.6) is 0 Å². The fraction of sp³-hybridized carbons (Fsp3) is 0.533. The summed E-state index contributed by atoms with van der Waals surface area (Å²) in [7, 11) is 0. The SMILES string of the molecule is CCN1CCCCC1n1c(=O)[nH]c2cccc(C(F)(F)F)c21. The summed E-state index contributed by atoms with van der Waals surface area (Å²) in [6.07, 6.45) is -2.19. The maximum Gasteiger partial charge on any atom is 0.418 e. The lowest BCUT2D eigenvalue weighted by Gasteiger charge is -2.35. The van der Waals surface area contributed by atoms with Crippen molar-refractivity contribution in [2.75, 3.05) is 13.1 Å². The number of aromatic nitrogens is 2. The van der Waals surface area contributed by atoms with Crippen LogP contribution in [-0.2, 0) is 6.18 Å². The van der Waals surface area contributed by atoms with E-state index >= 15 is 0 Å². The summed E-state index contributed by atoms with van der Waals surface area (Å²) in [6, 6.07) is 3.87. The van der Waals surface area contributed by atoms with E-state index < -0.39 is 17.4 Å². The monoisotopic (exact) mass is 313 g/mol. The van der Waals surface area contributed by atoms with Gasteiger partial charge in [0, 0.05) is 6.54 Å². The molecule has 0 aliphatic carbocycles. The Morgan fingerprint density at radius 3 is 2.77 bits per heavy atom. The van der Waals surface area contributed by atoms with Gasteiger partial charge in [0.1, 0.15) is 0 Å². The van der Waals surface area contributed by atoms with Gasteiger partial charge in [0.05, 0.1) is 22.8 Å². The van der Waals surface area contributed by atoms with Crippen molar-refractivity contribution in [2.24, 2.45) is 0 Å². The van der Waals surface area contributed by atoms with Gasteiger partial charge in [-0.3, -0.25) is 9.47 Å². The molecule has 0 radical (unpaired) electrons. The van der Waals surface area contributed by atoms with Crippen molar-refractivity contribution >= 4 is 11.0 Å². The minimum absolute atomic E-state index is 0.0367. The van der Waals surface area contributed by atoms with Gasteiger partial charge in [0.2, 0.25) is 0 Å². The van der Waals surface area contributed by atoms with Gasteiger partial charge in [-0.1, -0.05) is 13.0 Å². The number of para-hydroxylation sites is 1. The standard InChI is InChI=1S/C15H18F3N3O/c1-2-20-9-4-3-8-12(20)21-13-10(15(16,17)18)6-5-7-11(13)19-14(21)22/h5-7,12H,2-4,8-9H2,1H3,(H,19,22). The van der Waals surface area contributed by atoms with E-state index in [0.717, 1.165) is 25.5 Å². The van der Waals surface area contributed by atoms with E-state index in [1.807, 2.05) is 6.92 Å². The molecule has 22 heavy (non-hydrogen) atoms. The zero-order chi connectivity index (χ0) is 15.9. The molecular weight excluding hydrogens is 295 g/mol. The number of aromatic amines is 1. The number of piperidine rings is 1. The molecule has 1 aliphatic rings. The fourth-order valence-corrected chi connectivity index (χ4v) is 3.33. The van der Waals surface area contributed by atoms with Crippen LogP contribution in [0.3, 0.4) is 0 Å². The molecule has 0 amide bonds. The van der Waals surface area contributed by atoms with Crippen molar-refractivity contribution in [3.05, 3.63) is 34.2 Å². The molecule has 1 unspecified atom stereocenters. The van der Waals surface area contributed by atoms with Crippen molar-refractivity contribution in [3.8, 4) is 0 Å². The normalized spacial score (nSPS) is 20.6. The Bertz CT molecular complexity index is 732. The Kier molecular flexibility index (Phi) is 3.76.